The lowest BCUT2D eigenvalue weighted by Crippen LogP contribution is -2.58. The van der Waals surface area contributed by atoms with Crippen molar-refractivity contribution in [1.29, 1.82) is 0 Å². The van der Waals surface area contributed by atoms with Gasteiger partial charge in [-0.1, -0.05) is 60.1 Å². The Hall–Kier alpha value is -0.830. The second-order valence-electron chi connectivity index (χ2n) is 14.4. The molecular formula is C31H50O3. The van der Waals surface area contributed by atoms with Gasteiger partial charge in [-0.25, -0.2) is 0 Å². The summed E-state index contributed by atoms with van der Waals surface area (Å²) in [7, 11) is 1.92. The van der Waals surface area contributed by atoms with Gasteiger partial charge >= 0.3 is 5.97 Å². The summed E-state index contributed by atoms with van der Waals surface area (Å²) in [5.41, 5.74) is 3.11. The van der Waals surface area contributed by atoms with E-state index in [2.05, 4.69) is 47.6 Å². The number of ether oxygens (including phenoxy) is 2. The van der Waals surface area contributed by atoms with Crippen LogP contribution in [0.1, 0.15) is 106 Å². The van der Waals surface area contributed by atoms with Crippen molar-refractivity contribution in [3.8, 4) is 0 Å². The van der Waals surface area contributed by atoms with E-state index in [-0.39, 0.29) is 23.4 Å². The molecule has 10 atom stereocenters. The summed E-state index contributed by atoms with van der Waals surface area (Å²) in [5, 5.41) is 0. The molecule has 3 saturated carbocycles. The van der Waals surface area contributed by atoms with Crippen LogP contribution in [0.5, 0.6) is 0 Å². The number of cyclic esters (lactones) is 1. The Morgan fingerprint density at radius 3 is 2.47 bits per heavy atom. The highest BCUT2D eigenvalue weighted by Crippen LogP contribution is 2.73. The number of rotatable bonds is 4. The number of carbonyl (C=O) groups excluding carboxylic acids is 1. The molecule has 0 aromatic carbocycles. The lowest BCUT2D eigenvalue weighted by molar-refractivity contribution is -0.145. The third-order valence-corrected chi connectivity index (χ3v) is 12.7. The predicted octanol–water partition coefficient (Wildman–Crippen LogP) is 7.58. The molecule has 1 heterocycles. The Morgan fingerprint density at radius 1 is 1.09 bits per heavy atom. The lowest BCUT2D eigenvalue weighted by atomic mass is 9.41. The van der Waals surface area contributed by atoms with Crippen LogP contribution < -0.4 is 0 Å². The Bertz CT molecular complexity index is 859. The second kappa shape index (κ2) is 8.09. The minimum absolute atomic E-state index is 0.0152. The van der Waals surface area contributed by atoms with Crippen molar-refractivity contribution < 1.29 is 14.3 Å². The highest BCUT2D eigenvalue weighted by molar-refractivity contribution is 5.74. The van der Waals surface area contributed by atoms with E-state index in [1.165, 1.54) is 44.9 Å². The van der Waals surface area contributed by atoms with Crippen LogP contribution in [0, 0.1) is 51.2 Å². The average molecular weight is 471 g/mol. The van der Waals surface area contributed by atoms with Crippen LogP contribution >= 0.6 is 0 Å². The van der Waals surface area contributed by atoms with E-state index in [9.17, 15) is 4.79 Å². The molecule has 5 rings (SSSR count). The summed E-state index contributed by atoms with van der Waals surface area (Å²) in [6.45, 7) is 17.3. The maximum absolute atomic E-state index is 12.0. The van der Waals surface area contributed by atoms with Crippen molar-refractivity contribution in [1.82, 2.24) is 0 Å². The summed E-state index contributed by atoms with van der Waals surface area (Å²) in [6.07, 6.45) is 14.3. The van der Waals surface area contributed by atoms with E-state index in [0.717, 1.165) is 24.7 Å². The van der Waals surface area contributed by atoms with Crippen LogP contribution in [0.4, 0.5) is 0 Å². The molecule has 0 N–H and O–H groups in total. The number of carbonyl (C=O) groups is 1. The van der Waals surface area contributed by atoms with Crippen molar-refractivity contribution >= 4 is 5.97 Å². The molecule has 1 saturated heterocycles. The van der Waals surface area contributed by atoms with E-state index < -0.39 is 0 Å². The first-order chi connectivity index (χ1) is 15.9. The fraction of sp³-hybridized carbons (Fsp3) is 0.903. The fourth-order valence-electron chi connectivity index (χ4n) is 10.6. The number of hydrogen-bond acceptors (Lipinski definition) is 3. The van der Waals surface area contributed by atoms with E-state index in [1.54, 1.807) is 0 Å². The molecule has 4 aliphatic carbocycles. The van der Waals surface area contributed by atoms with Gasteiger partial charge in [0, 0.05) is 7.11 Å². The average Bonchev–Trinajstić information content (AvgIpc) is 3.22. The van der Waals surface area contributed by atoms with E-state index in [0.29, 0.717) is 34.2 Å². The SMILES string of the molecule is CO[C@@H]1CC[C@]2(C)[C@@H]3CC[C@]4(C)[C@@H]([C@H](C)C[C@@H]5C[C@@H](C)C(=O)O5)CC[C@@]4(C)C3=CC[C@H]2C1(C)C. The van der Waals surface area contributed by atoms with Crippen LogP contribution in [-0.4, -0.2) is 25.3 Å². The van der Waals surface area contributed by atoms with Crippen molar-refractivity contribution in [2.24, 2.45) is 51.2 Å². The number of allylic oxidation sites excluding steroid dienone is 2. The number of fused-ring (bicyclic) bond motifs is 5. The Balaban J connectivity index is 1.40. The van der Waals surface area contributed by atoms with Crippen molar-refractivity contribution in [3.05, 3.63) is 11.6 Å². The molecule has 34 heavy (non-hydrogen) atoms. The zero-order chi connectivity index (χ0) is 24.7. The standard InChI is InChI=1S/C31H50O3/c1-19(17-21-18-20(2)27(32)34-21)22-11-15-31(7)24-9-10-25-28(3,4)26(33-8)13-14-29(25,5)23(24)12-16-30(22,31)6/h9,19-23,25-26H,10-18H2,1-8H3/t19-,20-,21-,22-,23-,25+,26-,29-,30-,31+/m1/s1. The first-order valence-electron chi connectivity index (χ1n) is 14.3. The van der Waals surface area contributed by atoms with Crippen LogP contribution in [0.25, 0.3) is 0 Å². The molecule has 0 amide bonds. The molecule has 0 spiro atoms. The quantitative estimate of drug-likeness (QED) is 0.314. The van der Waals surface area contributed by atoms with E-state index in [1.807, 2.05) is 19.6 Å². The van der Waals surface area contributed by atoms with Gasteiger partial charge in [0.2, 0.25) is 0 Å². The third-order valence-electron chi connectivity index (χ3n) is 12.7. The van der Waals surface area contributed by atoms with Crippen LogP contribution in [0.3, 0.4) is 0 Å². The Morgan fingerprint density at radius 2 is 1.82 bits per heavy atom. The molecule has 0 radical (unpaired) electrons. The highest BCUT2D eigenvalue weighted by Gasteiger charge is 2.65. The smallest absolute Gasteiger partial charge is 0.309 e. The van der Waals surface area contributed by atoms with Gasteiger partial charge in [0.1, 0.15) is 6.10 Å². The molecule has 0 unspecified atom stereocenters. The van der Waals surface area contributed by atoms with Crippen LogP contribution in [-0.2, 0) is 14.3 Å². The van der Waals surface area contributed by atoms with Crippen molar-refractivity contribution in [2.75, 3.05) is 7.11 Å². The topological polar surface area (TPSA) is 35.5 Å². The number of methoxy groups -OCH3 is 1. The van der Waals surface area contributed by atoms with Crippen LogP contribution in [0.2, 0.25) is 0 Å². The predicted molar refractivity (Wildman–Crippen MR) is 137 cm³/mol. The minimum Gasteiger partial charge on any atom is -0.462 e. The van der Waals surface area contributed by atoms with E-state index in [4.69, 9.17) is 9.47 Å². The first kappa shape index (κ1) is 24.8. The normalized spacial score (nSPS) is 50.6. The van der Waals surface area contributed by atoms with Crippen LogP contribution in [0.15, 0.2) is 11.6 Å². The summed E-state index contributed by atoms with van der Waals surface area (Å²) in [5.74, 6) is 2.86. The highest BCUT2D eigenvalue weighted by atomic mass is 16.5. The summed E-state index contributed by atoms with van der Waals surface area (Å²) < 4.78 is 11.7. The number of hydrogen-bond donors (Lipinski definition) is 0. The molecule has 0 aromatic heterocycles. The molecular weight excluding hydrogens is 420 g/mol. The van der Waals surface area contributed by atoms with E-state index >= 15 is 0 Å². The molecule has 4 fully saturated rings. The number of esters is 1. The summed E-state index contributed by atoms with van der Waals surface area (Å²) >= 11 is 0. The molecule has 0 aromatic rings. The summed E-state index contributed by atoms with van der Waals surface area (Å²) in [4.78, 5) is 12.0. The maximum atomic E-state index is 12.0. The summed E-state index contributed by atoms with van der Waals surface area (Å²) in [6, 6.07) is 0. The van der Waals surface area contributed by atoms with Gasteiger partial charge in [-0.2, -0.15) is 0 Å². The molecule has 3 heteroatoms. The third kappa shape index (κ3) is 3.27. The minimum atomic E-state index is 0.0152. The molecule has 3 nitrogen and oxygen atoms in total. The molecule has 0 bridgehead atoms. The molecule has 5 aliphatic rings. The largest absolute Gasteiger partial charge is 0.462 e. The Labute approximate surface area is 208 Å². The fourth-order valence-corrected chi connectivity index (χ4v) is 10.6. The lowest BCUT2D eigenvalue weighted by Gasteiger charge is -2.64. The van der Waals surface area contributed by atoms with Gasteiger partial charge in [0.25, 0.3) is 0 Å². The van der Waals surface area contributed by atoms with Gasteiger partial charge in [-0.05, 0) is 103 Å². The van der Waals surface area contributed by atoms with Gasteiger partial charge in [0.15, 0.2) is 0 Å². The van der Waals surface area contributed by atoms with Crippen molar-refractivity contribution in [2.45, 2.75) is 118 Å². The van der Waals surface area contributed by atoms with Gasteiger partial charge in [-0.3, -0.25) is 4.79 Å². The monoisotopic (exact) mass is 470 g/mol. The maximum Gasteiger partial charge on any atom is 0.309 e. The molecule has 1 aliphatic heterocycles. The van der Waals surface area contributed by atoms with Gasteiger partial charge < -0.3 is 9.47 Å². The zero-order valence-electron chi connectivity index (χ0n) is 23.2. The first-order valence-corrected chi connectivity index (χ1v) is 14.3. The van der Waals surface area contributed by atoms with Crippen molar-refractivity contribution in [3.63, 3.8) is 0 Å². The Kier molecular flexibility index (Phi) is 5.91. The second-order valence-corrected chi connectivity index (χ2v) is 14.4. The van der Waals surface area contributed by atoms with Gasteiger partial charge in [0.05, 0.1) is 12.0 Å². The van der Waals surface area contributed by atoms with Gasteiger partial charge in [-0.15, -0.1) is 0 Å². The zero-order valence-corrected chi connectivity index (χ0v) is 23.2. The molecule has 192 valence electrons.